The Morgan fingerprint density at radius 2 is 2.11 bits per heavy atom. The number of carbonyl (C=O) groups excluding carboxylic acids is 1. The molecular formula is C11H18N4O4. The number of aliphatic carboxylic acids is 1. The maximum Gasteiger partial charge on any atom is 0.332 e. The number of hydrogen-bond acceptors (Lipinski definition) is 4. The zero-order valence-electron chi connectivity index (χ0n) is 10.7. The number of rotatable bonds is 7. The van der Waals surface area contributed by atoms with E-state index in [1.165, 1.54) is 0 Å². The van der Waals surface area contributed by atoms with Gasteiger partial charge in [0.2, 0.25) is 0 Å². The lowest BCUT2D eigenvalue weighted by Crippen LogP contribution is -2.38. The Morgan fingerprint density at radius 1 is 1.42 bits per heavy atom. The molecule has 8 heteroatoms. The smallest absolute Gasteiger partial charge is 0.332 e. The van der Waals surface area contributed by atoms with Crippen LogP contribution in [0, 0.1) is 0 Å². The molecule has 4 N–H and O–H groups in total. The van der Waals surface area contributed by atoms with Crippen LogP contribution in [0.1, 0.15) is 12.1 Å². The summed E-state index contributed by atoms with van der Waals surface area (Å²) in [6, 6.07) is 1.47. The van der Waals surface area contributed by atoms with Crippen molar-refractivity contribution in [3.63, 3.8) is 0 Å². The molecule has 0 spiro atoms. The van der Waals surface area contributed by atoms with E-state index in [2.05, 4.69) is 15.7 Å². The largest absolute Gasteiger partial charge is 0.479 e. The number of urea groups is 1. The molecule has 1 aromatic heterocycles. The first-order valence-electron chi connectivity index (χ1n) is 5.90. The molecule has 0 aliphatic rings. The number of aryl methyl sites for hydroxylation is 1. The normalized spacial score (nSPS) is 11.9. The van der Waals surface area contributed by atoms with Crippen molar-refractivity contribution in [3.8, 4) is 0 Å². The number of aliphatic hydroxyl groups is 1. The number of aromatic nitrogens is 2. The fourth-order valence-corrected chi connectivity index (χ4v) is 1.41. The summed E-state index contributed by atoms with van der Waals surface area (Å²) < 4.78 is 1.68. The first kappa shape index (κ1) is 15.0. The fraction of sp³-hybridized carbons (Fsp3) is 0.545. The van der Waals surface area contributed by atoms with Gasteiger partial charge in [0.25, 0.3) is 0 Å². The van der Waals surface area contributed by atoms with Crippen LogP contribution in [0.3, 0.4) is 0 Å². The topological polar surface area (TPSA) is 116 Å². The zero-order chi connectivity index (χ0) is 14.3. The van der Waals surface area contributed by atoms with Crippen LogP contribution in [-0.2, 0) is 18.3 Å². The van der Waals surface area contributed by atoms with Crippen molar-refractivity contribution in [2.45, 2.75) is 18.9 Å². The summed E-state index contributed by atoms with van der Waals surface area (Å²) in [7, 11) is 1.82. The standard InChI is InChI=1S/C11H18N4O4/c1-15-7-4-8(14-15)2-5-12-11(19)13-6-3-9(16)10(17)18/h4,7,9,16H,2-3,5-6H2,1H3,(H,17,18)(H2,12,13,19). The van der Waals surface area contributed by atoms with Crippen LogP contribution in [0.5, 0.6) is 0 Å². The van der Waals surface area contributed by atoms with Crippen molar-refractivity contribution in [1.82, 2.24) is 20.4 Å². The molecule has 106 valence electrons. The van der Waals surface area contributed by atoms with Gasteiger partial charge < -0.3 is 20.8 Å². The molecule has 0 fully saturated rings. The van der Waals surface area contributed by atoms with E-state index in [0.29, 0.717) is 13.0 Å². The molecule has 0 bridgehead atoms. The summed E-state index contributed by atoms with van der Waals surface area (Å²) in [6.07, 6.45) is 0.964. The maximum absolute atomic E-state index is 11.3. The van der Waals surface area contributed by atoms with Crippen LogP contribution in [0.4, 0.5) is 4.79 Å². The minimum atomic E-state index is -1.45. The monoisotopic (exact) mass is 270 g/mol. The van der Waals surface area contributed by atoms with Gasteiger partial charge in [-0.05, 0) is 6.07 Å². The second-order valence-electron chi connectivity index (χ2n) is 4.06. The molecule has 1 heterocycles. The molecular weight excluding hydrogens is 252 g/mol. The highest BCUT2D eigenvalue weighted by atomic mass is 16.4. The number of hydrogen-bond donors (Lipinski definition) is 4. The molecule has 1 unspecified atom stereocenters. The maximum atomic E-state index is 11.3. The van der Waals surface area contributed by atoms with Crippen LogP contribution in [0.15, 0.2) is 12.3 Å². The van der Waals surface area contributed by atoms with Crippen molar-refractivity contribution in [1.29, 1.82) is 0 Å². The average molecular weight is 270 g/mol. The Hall–Kier alpha value is -2.09. The predicted molar refractivity (Wildman–Crippen MR) is 66.6 cm³/mol. The van der Waals surface area contributed by atoms with Gasteiger partial charge >= 0.3 is 12.0 Å². The van der Waals surface area contributed by atoms with E-state index in [1.54, 1.807) is 4.68 Å². The van der Waals surface area contributed by atoms with Gasteiger partial charge in [-0.15, -0.1) is 0 Å². The van der Waals surface area contributed by atoms with Gasteiger partial charge in [0.1, 0.15) is 0 Å². The fourth-order valence-electron chi connectivity index (χ4n) is 1.41. The minimum absolute atomic E-state index is 0.0248. The molecule has 2 amide bonds. The van der Waals surface area contributed by atoms with Crippen LogP contribution < -0.4 is 10.6 Å². The highest BCUT2D eigenvalue weighted by molar-refractivity contribution is 5.74. The quantitative estimate of drug-likeness (QED) is 0.512. The lowest BCUT2D eigenvalue weighted by molar-refractivity contribution is -0.146. The molecule has 0 saturated heterocycles. The Morgan fingerprint density at radius 3 is 2.68 bits per heavy atom. The Kier molecular flexibility index (Phi) is 5.80. The minimum Gasteiger partial charge on any atom is -0.479 e. The van der Waals surface area contributed by atoms with Crippen molar-refractivity contribution in [2.75, 3.05) is 13.1 Å². The van der Waals surface area contributed by atoms with Crippen LogP contribution in [0.25, 0.3) is 0 Å². The first-order chi connectivity index (χ1) is 8.99. The second-order valence-corrected chi connectivity index (χ2v) is 4.06. The molecule has 1 atom stereocenters. The molecule has 0 saturated carbocycles. The lowest BCUT2D eigenvalue weighted by atomic mass is 10.2. The van der Waals surface area contributed by atoms with E-state index < -0.39 is 18.1 Å². The highest BCUT2D eigenvalue weighted by Crippen LogP contribution is 1.94. The number of amides is 2. The highest BCUT2D eigenvalue weighted by Gasteiger charge is 2.12. The molecule has 0 aliphatic heterocycles. The third kappa shape index (κ3) is 5.87. The number of aliphatic hydroxyl groups excluding tert-OH is 1. The summed E-state index contributed by atoms with van der Waals surface area (Å²) >= 11 is 0. The SMILES string of the molecule is Cn1ccc(CCNC(=O)NCCC(O)C(=O)O)n1. The molecule has 0 radical (unpaired) electrons. The van der Waals surface area contributed by atoms with Crippen molar-refractivity contribution >= 4 is 12.0 Å². The number of carboxylic acids is 1. The third-order valence-corrected chi connectivity index (χ3v) is 2.42. The predicted octanol–water partition coefficient (Wildman–Crippen LogP) is -0.903. The van der Waals surface area contributed by atoms with E-state index in [9.17, 15) is 9.59 Å². The van der Waals surface area contributed by atoms with Crippen molar-refractivity contribution < 1.29 is 19.8 Å². The van der Waals surface area contributed by atoms with Gasteiger partial charge in [-0.3, -0.25) is 4.68 Å². The van der Waals surface area contributed by atoms with E-state index >= 15 is 0 Å². The Bertz CT molecular complexity index is 432. The number of nitrogens with zero attached hydrogens (tertiary/aromatic N) is 2. The molecule has 19 heavy (non-hydrogen) atoms. The van der Waals surface area contributed by atoms with Gasteiger partial charge in [-0.2, -0.15) is 5.10 Å². The summed E-state index contributed by atoms with van der Waals surface area (Å²) in [5, 5.41) is 26.6. The van der Waals surface area contributed by atoms with Gasteiger partial charge in [-0.25, -0.2) is 9.59 Å². The van der Waals surface area contributed by atoms with Crippen molar-refractivity contribution in [2.24, 2.45) is 7.05 Å². The van der Waals surface area contributed by atoms with Crippen LogP contribution >= 0.6 is 0 Å². The van der Waals surface area contributed by atoms with Gasteiger partial charge in [0.05, 0.1) is 5.69 Å². The molecule has 0 aromatic carbocycles. The second kappa shape index (κ2) is 7.37. The van der Waals surface area contributed by atoms with Gasteiger partial charge in [0, 0.05) is 39.2 Å². The molecule has 0 aliphatic carbocycles. The molecule has 1 aromatic rings. The van der Waals surface area contributed by atoms with E-state index in [0.717, 1.165) is 5.69 Å². The van der Waals surface area contributed by atoms with E-state index in [-0.39, 0.29) is 13.0 Å². The van der Waals surface area contributed by atoms with Crippen molar-refractivity contribution in [3.05, 3.63) is 18.0 Å². The summed E-state index contributed by atoms with van der Waals surface area (Å²) in [6.45, 7) is 0.535. The summed E-state index contributed by atoms with van der Waals surface area (Å²) in [5.74, 6) is -1.29. The Balaban J connectivity index is 2.10. The average Bonchev–Trinajstić information content (AvgIpc) is 2.74. The van der Waals surface area contributed by atoms with E-state index in [1.807, 2.05) is 19.3 Å². The van der Waals surface area contributed by atoms with Gasteiger partial charge in [-0.1, -0.05) is 0 Å². The molecule has 1 rings (SSSR count). The lowest BCUT2D eigenvalue weighted by Gasteiger charge is -2.08. The molecule has 8 nitrogen and oxygen atoms in total. The zero-order valence-corrected chi connectivity index (χ0v) is 10.7. The number of carboxylic acid groups (broad SMARTS) is 1. The summed E-state index contributed by atoms with van der Waals surface area (Å²) in [4.78, 5) is 21.6. The van der Waals surface area contributed by atoms with Crippen LogP contribution in [0.2, 0.25) is 0 Å². The van der Waals surface area contributed by atoms with Gasteiger partial charge in [0.15, 0.2) is 6.10 Å². The number of nitrogens with one attached hydrogen (secondary N) is 2. The first-order valence-corrected chi connectivity index (χ1v) is 5.90. The summed E-state index contributed by atoms with van der Waals surface area (Å²) in [5.41, 5.74) is 0.879. The van der Waals surface area contributed by atoms with E-state index in [4.69, 9.17) is 10.2 Å². The van der Waals surface area contributed by atoms with Crippen LogP contribution in [-0.4, -0.2) is 51.2 Å². The Labute approximate surface area is 110 Å². The number of carbonyl (C=O) groups is 2. The third-order valence-electron chi connectivity index (χ3n) is 2.42.